The third-order valence-electron chi connectivity index (χ3n) is 2.47. The van der Waals surface area contributed by atoms with Crippen molar-refractivity contribution in [1.29, 1.82) is 0 Å². The average Bonchev–Trinajstić information content (AvgIpc) is 2.41. The normalized spacial score (nSPS) is 10.3. The van der Waals surface area contributed by atoms with Crippen molar-refractivity contribution in [2.24, 2.45) is 0 Å². The van der Waals surface area contributed by atoms with Gasteiger partial charge >= 0.3 is 0 Å². The van der Waals surface area contributed by atoms with E-state index in [9.17, 15) is 4.39 Å². The third kappa shape index (κ3) is 3.05. The largest absolute Gasteiger partial charge is 0.452 e. The number of aromatic nitrogens is 1. The van der Waals surface area contributed by atoms with Crippen LogP contribution in [-0.4, -0.2) is 11.5 Å². The van der Waals surface area contributed by atoms with Crippen molar-refractivity contribution in [3.05, 3.63) is 54.1 Å². The molecule has 1 aromatic carbocycles. The number of halogens is 1. The second-order valence-corrected chi connectivity index (χ2v) is 3.80. The second-order valence-electron chi connectivity index (χ2n) is 3.80. The molecule has 0 aliphatic carbocycles. The highest BCUT2D eigenvalue weighted by molar-refractivity contribution is 5.38. The number of pyridine rings is 1. The molecule has 94 valence electrons. The minimum atomic E-state index is -0.366. The van der Waals surface area contributed by atoms with Crippen LogP contribution in [0.5, 0.6) is 11.5 Å². The number of rotatable bonds is 5. The smallest absolute Gasteiger partial charge is 0.167 e. The van der Waals surface area contributed by atoms with E-state index < -0.39 is 0 Å². The van der Waals surface area contributed by atoms with Crippen molar-refractivity contribution in [2.45, 2.75) is 13.5 Å². The van der Waals surface area contributed by atoms with Gasteiger partial charge in [-0.15, -0.1) is 0 Å². The first-order chi connectivity index (χ1) is 8.81. The lowest BCUT2D eigenvalue weighted by Crippen LogP contribution is -2.12. The summed E-state index contributed by atoms with van der Waals surface area (Å²) in [6, 6.07) is 8.41. The molecule has 18 heavy (non-hydrogen) atoms. The van der Waals surface area contributed by atoms with E-state index in [1.165, 1.54) is 6.07 Å². The number of nitrogens with zero attached hydrogens (tertiary/aromatic N) is 1. The molecule has 2 rings (SSSR count). The molecule has 1 aromatic heterocycles. The number of ether oxygens (including phenoxy) is 1. The quantitative estimate of drug-likeness (QED) is 0.880. The standard InChI is InChI=1S/C14H15FN2O/c1-2-16-9-11-5-3-7-13(15)14(11)18-12-6-4-8-17-10-12/h3-8,10,16H,2,9H2,1H3. The molecule has 2 aromatic rings. The SMILES string of the molecule is CCNCc1cccc(F)c1Oc1cccnc1. The molecule has 3 nitrogen and oxygen atoms in total. The van der Waals surface area contributed by atoms with Gasteiger partial charge in [0, 0.05) is 18.3 Å². The lowest BCUT2D eigenvalue weighted by atomic mass is 10.2. The maximum atomic E-state index is 13.8. The first-order valence-electron chi connectivity index (χ1n) is 5.87. The fourth-order valence-corrected chi connectivity index (χ4v) is 1.59. The van der Waals surface area contributed by atoms with Crippen molar-refractivity contribution in [2.75, 3.05) is 6.54 Å². The number of benzene rings is 1. The van der Waals surface area contributed by atoms with E-state index in [4.69, 9.17) is 4.74 Å². The highest BCUT2D eigenvalue weighted by atomic mass is 19.1. The number of para-hydroxylation sites is 1. The molecule has 0 unspecified atom stereocenters. The number of hydrogen-bond acceptors (Lipinski definition) is 3. The molecule has 1 N–H and O–H groups in total. The van der Waals surface area contributed by atoms with Gasteiger partial charge in [0.2, 0.25) is 0 Å². The van der Waals surface area contributed by atoms with Crippen molar-refractivity contribution in [3.63, 3.8) is 0 Å². The van der Waals surface area contributed by atoms with Gasteiger partial charge in [0.1, 0.15) is 5.75 Å². The Morgan fingerprint density at radius 1 is 1.28 bits per heavy atom. The van der Waals surface area contributed by atoms with Gasteiger partial charge in [0.15, 0.2) is 11.6 Å². The Labute approximate surface area is 106 Å². The molecule has 0 saturated heterocycles. The summed E-state index contributed by atoms with van der Waals surface area (Å²) in [6.07, 6.45) is 3.21. The fraction of sp³-hybridized carbons (Fsp3) is 0.214. The van der Waals surface area contributed by atoms with Gasteiger partial charge in [0.25, 0.3) is 0 Å². The van der Waals surface area contributed by atoms with E-state index in [0.717, 1.165) is 12.1 Å². The average molecular weight is 246 g/mol. The zero-order valence-electron chi connectivity index (χ0n) is 10.2. The Balaban J connectivity index is 2.25. The summed E-state index contributed by atoms with van der Waals surface area (Å²) >= 11 is 0. The van der Waals surface area contributed by atoms with Gasteiger partial charge in [-0.25, -0.2) is 4.39 Å². The minimum Gasteiger partial charge on any atom is -0.452 e. The van der Waals surface area contributed by atoms with Crippen LogP contribution in [0.1, 0.15) is 12.5 Å². The molecule has 0 aliphatic heterocycles. The van der Waals surface area contributed by atoms with E-state index in [1.807, 2.05) is 13.0 Å². The molecule has 0 radical (unpaired) electrons. The summed E-state index contributed by atoms with van der Waals surface area (Å²) in [7, 11) is 0. The van der Waals surface area contributed by atoms with Crippen molar-refractivity contribution < 1.29 is 9.13 Å². The first kappa shape index (κ1) is 12.5. The molecular weight excluding hydrogens is 231 g/mol. The molecule has 0 fully saturated rings. The highest BCUT2D eigenvalue weighted by Gasteiger charge is 2.10. The van der Waals surface area contributed by atoms with Crippen LogP contribution in [0, 0.1) is 5.82 Å². The summed E-state index contributed by atoms with van der Waals surface area (Å²) in [5, 5.41) is 3.16. The monoisotopic (exact) mass is 246 g/mol. The lowest BCUT2D eigenvalue weighted by molar-refractivity contribution is 0.432. The van der Waals surface area contributed by atoms with Gasteiger partial charge in [-0.3, -0.25) is 4.98 Å². The first-order valence-corrected chi connectivity index (χ1v) is 5.87. The topological polar surface area (TPSA) is 34.1 Å². The second kappa shape index (κ2) is 6.12. The molecule has 0 aliphatic rings. The van der Waals surface area contributed by atoms with E-state index in [2.05, 4.69) is 10.3 Å². The van der Waals surface area contributed by atoms with Crippen LogP contribution in [0.15, 0.2) is 42.7 Å². The maximum Gasteiger partial charge on any atom is 0.167 e. The molecular formula is C14H15FN2O. The van der Waals surface area contributed by atoms with Gasteiger partial charge in [-0.05, 0) is 24.7 Å². The van der Waals surface area contributed by atoms with Crippen LogP contribution in [0.3, 0.4) is 0 Å². The van der Waals surface area contributed by atoms with Crippen molar-refractivity contribution in [1.82, 2.24) is 10.3 Å². The van der Waals surface area contributed by atoms with Crippen LogP contribution in [0.25, 0.3) is 0 Å². The maximum absolute atomic E-state index is 13.8. The highest BCUT2D eigenvalue weighted by Crippen LogP contribution is 2.27. The zero-order chi connectivity index (χ0) is 12.8. The fourth-order valence-electron chi connectivity index (χ4n) is 1.59. The molecule has 0 amide bonds. The van der Waals surface area contributed by atoms with Crippen LogP contribution in [0.4, 0.5) is 4.39 Å². The Morgan fingerprint density at radius 3 is 2.89 bits per heavy atom. The molecule has 0 atom stereocenters. The van der Waals surface area contributed by atoms with E-state index in [-0.39, 0.29) is 11.6 Å². The van der Waals surface area contributed by atoms with Gasteiger partial charge in [-0.1, -0.05) is 19.1 Å². The third-order valence-corrected chi connectivity index (χ3v) is 2.47. The summed E-state index contributed by atoms with van der Waals surface area (Å²) < 4.78 is 19.3. The molecule has 0 spiro atoms. The zero-order valence-corrected chi connectivity index (χ0v) is 10.2. The summed E-state index contributed by atoms with van der Waals surface area (Å²) in [4.78, 5) is 3.94. The van der Waals surface area contributed by atoms with Crippen LogP contribution in [0.2, 0.25) is 0 Å². The summed E-state index contributed by atoms with van der Waals surface area (Å²) in [6.45, 7) is 3.40. The minimum absolute atomic E-state index is 0.256. The van der Waals surface area contributed by atoms with E-state index in [1.54, 1.807) is 30.6 Å². The van der Waals surface area contributed by atoms with E-state index in [0.29, 0.717) is 12.3 Å². The number of nitrogens with one attached hydrogen (secondary N) is 1. The van der Waals surface area contributed by atoms with Crippen molar-refractivity contribution in [3.8, 4) is 11.5 Å². The van der Waals surface area contributed by atoms with E-state index >= 15 is 0 Å². The predicted molar refractivity (Wildman–Crippen MR) is 68.1 cm³/mol. The summed E-state index contributed by atoms with van der Waals surface area (Å²) in [5.41, 5.74) is 0.792. The van der Waals surface area contributed by atoms with Gasteiger partial charge in [-0.2, -0.15) is 0 Å². The lowest BCUT2D eigenvalue weighted by Gasteiger charge is -2.12. The van der Waals surface area contributed by atoms with Crippen LogP contribution >= 0.6 is 0 Å². The van der Waals surface area contributed by atoms with Gasteiger partial charge < -0.3 is 10.1 Å². The van der Waals surface area contributed by atoms with Crippen molar-refractivity contribution >= 4 is 0 Å². The Bertz CT molecular complexity index is 502. The number of hydrogen-bond donors (Lipinski definition) is 1. The Morgan fingerprint density at radius 2 is 2.17 bits per heavy atom. The van der Waals surface area contributed by atoms with Crippen LogP contribution < -0.4 is 10.1 Å². The Kier molecular flexibility index (Phi) is 4.25. The van der Waals surface area contributed by atoms with Gasteiger partial charge in [0.05, 0.1) is 6.20 Å². The molecule has 4 heteroatoms. The summed E-state index contributed by atoms with van der Waals surface area (Å²) in [5.74, 6) is 0.418. The predicted octanol–water partition coefficient (Wildman–Crippen LogP) is 3.12. The molecule has 0 bridgehead atoms. The molecule has 0 saturated carbocycles. The Hall–Kier alpha value is -1.94. The molecule has 1 heterocycles. The van der Waals surface area contributed by atoms with Crippen LogP contribution in [-0.2, 0) is 6.54 Å².